The number of nitrogens with one attached hydrogen (secondary N) is 2. The maximum Gasteiger partial charge on any atom is 0.268 e. The lowest BCUT2D eigenvalue weighted by atomic mass is 10.1. The van der Waals surface area contributed by atoms with E-state index in [1.165, 1.54) is 0 Å². The average Bonchev–Trinajstić information content (AvgIpc) is 2.61. The number of halogens is 2. The molecule has 0 fully saturated rings. The fourth-order valence-corrected chi connectivity index (χ4v) is 2.33. The van der Waals surface area contributed by atoms with E-state index in [0.717, 1.165) is 10.0 Å². The minimum absolute atomic E-state index is 0.136. The fraction of sp³-hybridized carbons (Fsp3) is 0.0526. The number of carbonyl (C=O) groups is 2. The Labute approximate surface area is 159 Å². The van der Waals surface area contributed by atoms with Crippen molar-refractivity contribution >= 4 is 45.4 Å². The molecule has 0 aliphatic carbocycles. The summed E-state index contributed by atoms with van der Waals surface area (Å²) in [5.74, 6) is -0.776. The third kappa shape index (κ3) is 5.89. The van der Waals surface area contributed by atoms with Gasteiger partial charge in [0.05, 0.1) is 0 Å². The Morgan fingerprint density at radius 3 is 2.32 bits per heavy atom. The van der Waals surface area contributed by atoms with Gasteiger partial charge >= 0.3 is 0 Å². The van der Waals surface area contributed by atoms with E-state index in [1.807, 2.05) is 0 Å². The topological polar surface area (TPSA) is 58.2 Å². The van der Waals surface area contributed by atoms with Gasteiger partial charge in [-0.3, -0.25) is 9.59 Å². The maximum absolute atomic E-state index is 12.4. The first-order valence-corrected chi connectivity index (χ1v) is 8.60. The van der Waals surface area contributed by atoms with Crippen LogP contribution in [0.25, 0.3) is 6.08 Å². The molecule has 4 nitrogen and oxygen atoms in total. The molecule has 6 heteroatoms. The molecule has 0 aromatic heterocycles. The smallest absolute Gasteiger partial charge is 0.268 e. The summed E-state index contributed by atoms with van der Waals surface area (Å²) < 4.78 is 0.865. The van der Waals surface area contributed by atoms with Crippen molar-refractivity contribution in [1.29, 1.82) is 0 Å². The third-order valence-electron chi connectivity index (χ3n) is 3.19. The molecule has 0 saturated heterocycles. The van der Waals surface area contributed by atoms with E-state index in [-0.39, 0.29) is 11.6 Å². The first kappa shape index (κ1) is 19.0. The normalized spacial score (nSPS) is 10.9. The van der Waals surface area contributed by atoms with Crippen molar-refractivity contribution in [1.82, 2.24) is 10.6 Å². The van der Waals surface area contributed by atoms with Gasteiger partial charge in [0.2, 0.25) is 0 Å². The van der Waals surface area contributed by atoms with E-state index in [0.29, 0.717) is 17.1 Å². The van der Waals surface area contributed by atoms with Gasteiger partial charge in [-0.25, -0.2) is 0 Å². The molecule has 0 radical (unpaired) electrons. The molecule has 2 N–H and O–H groups in total. The highest BCUT2D eigenvalue weighted by Gasteiger charge is 2.14. The van der Waals surface area contributed by atoms with Crippen LogP contribution in [0.3, 0.4) is 0 Å². The van der Waals surface area contributed by atoms with Gasteiger partial charge in [-0.05, 0) is 48.0 Å². The highest BCUT2D eigenvalue weighted by Crippen LogP contribution is 2.13. The Hall–Kier alpha value is -2.37. The van der Waals surface area contributed by atoms with Crippen LogP contribution in [-0.4, -0.2) is 18.4 Å². The van der Waals surface area contributed by atoms with Gasteiger partial charge in [-0.1, -0.05) is 45.7 Å². The molecule has 25 heavy (non-hydrogen) atoms. The van der Waals surface area contributed by atoms with Crippen molar-refractivity contribution in [3.63, 3.8) is 0 Å². The van der Waals surface area contributed by atoms with Gasteiger partial charge in [-0.2, -0.15) is 0 Å². The van der Waals surface area contributed by atoms with Gasteiger partial charge in [0, 0.05) is 21.6 Å². The van der Waals surface area contributed by atoms with Crippen molar-refractivity contribution < 1.29 is 9.59 Å². The van der Waals surface area contributed by atoms with Crippen LogP contribution in [0, 0.1) is 0 Å². The summed E-state index contributed by atoms with van der Waals surface area (Å²) in [6.07, 6.45) is 3.15. The number of hydrogen-bond donors (Lipinski definition) is 2. The molecule has 2 aromatic rings. The second-order valence-electron chi connectivity index (χ2n) is 5.07. The number of benzene rings is 2. The van der Waals surface area contributed by atoms with Gasteiger partial charge in [0.1, 0.15) is 5.70 Å². The highest BCUT2D eigenvalue weighted by atomic mass is 79.9. The number of carbonyl (C=O) groups excluding carboxylic acids is 2. The minimum Gasteiger partial charge on any atom is -0.347 e. The van der Waals surface area contributed by atoms with Gasteiger partial charge in [0.15, 0.2) is 0 Å². The van der Waals surface area contributed by atoms with E-state index >= 15 is 0 Å². The molecule has 2 aromatic carbocycles. The summed E-state index contributed by atoms with van der Waals surface area (Å²) >= 11 is 9.19. The molecular formula is C19H16BrClN2O2. The quantitative estimate of drug-likeness (QED) is 0.545. The molecule has 0 unspecified atom stereocenters. The zero-order chi connectivity index (χ0) is 18.2. The second kappa shape index (κ2) is 9.20. The van der Waals surface area contributed by atoms with E-state index in [4.69, 9.17) is 11.6 Å². The van der Waals surface area contributed by atoms with Gasteiger partial charge in [0.25, 0.3) is 11.8 Å². The monoisotopic (exact) mass is 418 g/mol. The van der Waals surface area contributed by atoms with Crippen LogP contribution < -0.4 is 10.6 Å². The Balaban J connectivity index is 2.25. The Bertz CT molecular complexity index is 799. The summed E-state index contributed by atoms with van der Waals surface area (Å²) in [7, 11) is 0. The summed E-state index contributed by atoms with van der Waals surface area (Å²) in [5.41, 5.74) is 1.32. The lowest BCUT2D eigenvalue weighted by Gasteiger charge is -2.10. The summed E-state index contributed by atoms with van der Waals surface area (Å²) in [5, 5.41) is 5.90. The van der Waals surface area contributed by atoms with Crippen LogP contribution in [-0.2, 0) is 4.79 Å². The predicted octanol–water partition coefficient (Wildman–Crippen LogP) is 4.18. The molecule has 2 amide bonds. The van der Waals surface area contributed by atoms with Crippen LogP contribution in [0.15, 0.2) is 71.4 Å². The maximum atomic E-state index is 12.4. The second-order valence-corrected chi connectivity index (χ2v) is 6.42. The SMILES string of the molecule is C=CCNC(=O)C(=Cc1ccc(Cl)cc1)NC(=O)c1ccc(Br)cc1. The number of hydrogen-bond acceptors (Lipinski definition) is 2. The molecule has 0 aliphatic heterocycles. The zero-order valence-corrected chi connectivity index (χ0v) is 15.6. The summed E-state index contributed by atoms with van der Waals surface area (Å²) in [6.45, 7) is 3.86. The first-order valence-electron chi connectivity index (χ1n) is 7.43. The Morgan fingerprint density at radius 1 is 1.08 bits per heavy atom. The first-order chi connectivity index (χ1) is 12.0. The van der Waals surface area contributed by atoms with Crippen LogP contribution >= 0.6 is 27.5 Å². The van der Waals surface area contributed by atoms with Crippen LogP contribution in [0.1, 0.15) is 15.9 Å². The van der Waals surface area contributed by atoms with E-state index in [1.54, 1.807) is 60.7 Å². The van der Waals surface area contributed by atoms with E-state index in [2.05, 4.69) is 33.1 Å². The largest absolute Gasteiger partial charge is 0.347 e. The van der Waals surface area contributed by atoms with Crippen molar-refractivity contribution in [3.05, 3.63) is 87.5 Å². The number of rotatable bonds is 6. The van der Waals surface area contributed by atoms with Crippen molar-refractivity contribution in [2.24, 2.45) is 0 Å². The molecule has 0 heterocycles. The van der Waals surface area contributed by atoms with Crippen LogP contribution in [0.5, 0.6) is 0 Å². The molecule has 0 aliphatic rings. The minimum atomic E-state index is -0.402. The molecular weight excluding hydrogens is 404 g/mol. The van der Waals surface area contributed by atoms with E-state index in [9.17, 15) is 9.59 Å². The average molecular weight is 420 g/mol. The molecule has 0 bridgehead atoms. The van der Waals surface area contributed by atoms with Crippen molar-refractivity contribution in [3.8, 4) is 0 Å². The Kier molecular flexibility index (Phi) is 6.98. The molecule has 0 atom stereocenters. The highest BCUT2D eigenvalue weighted by molar-refractivity contribution is 9.10. The summed E-state index contributed by atoms with van der Waals surface area (Å²) in [4.78, 5) is 24.7. The van der Waals surface area contributed by atoms with Crippen LogP contribution in [0.4, 0.5) is 0 Å². The standard InChI is InChI=1S/C19H16BrClN2O2/c1-2-11-22-19(25)17(12-13-3-9-16(21)10-4-13)23-18(24)14-5-7-15(20)8-6-14/h2-10,12H,1,11H2,(H,22,25)(H,23,24). The predicted molar refractivity (Wildman–Crippen MR) is 104 cm³/mol. The number of amides is 2. The molecule has 0 saturated carbocycles. The lowest BCUT2D eigenvalue weighted by Crippen LogP contribution is -2.34. The molecule has 128 valence electrons. The van der Waals surface area contributed by atoms with Crippen LogP contribution in [0.2, 0.25) is 5.02 Å². The third-order valence-corrected chi connectivity index (χ3v) is 3.97. The fourth-order valence-electron chi connectivity index (χ4n) is 1.94. The lowest BCUT2D eigenvalue weighted by molar-refractivity contribution is -0.117. The zero-order valence-electron chi connectivity index (χ0n) is 13.3. The van der Waals surface area contributed by atoms with Crippen molar-refractivity contribution in [2.45, 2.75) is 0 Å². The van der Waals surface area contributed by atoms with Gasteiger partial charge in [-0.15, -0.1) is 6.58 Å². The van der Waals surface area contributed by atoms with Crippen molar-refractivity contribution in [2.75, 3.05) is 6.54 Å². The van der Waals surface area contributed by atoms with E-state index < -0.39 is 5.91 Å². The molecule has 0 spiro atoms. The molecule has 2 rings (SSSR count). The van der Waals surface area contributed by atoms with Gasteiger partial charge < -0.3 is 10.6 Å². The Morgan fingerprint density at radius 2 is 1.72 bits per heavy atom. The summed E-state index contributed by atoms with van der Waals surface area (Å²) in [6, 6.07) is 13.8.